The SMILES string of the molecule is Cc1c(C(=O)N2CCC3(CC2)OCc2cc(F)ccc23)c2ccccc2n1Cc1ccccc1. The molecule has 0 radical (unpaired) electrons. The third-order valence-electron chi connectivity index (χ3n) is 7.55. The van der Waals surface area contributed by atoms with E-state index in [0.29, 0.717) is 19.7 Å². The minimum Gasteiger partial charge on any atom is -0.365 e. The molecule has 1 saturated heterocycles. The Hall–Kier alpha value is -3.44. The molecular weight excluding hydrogens is 427 g/mol. The van der Waals surface area contributed by atoms with Gasteiger partial charge in [-0.3, -0.25) is 4.79 Å². The lowest BCUT2D eigenvalue weighted by atomic mass is 9.83. The predicted octanol–water partition coefficient (Wildman–Crippen LogP) is 5.80. The van der Waals surface area contributed by atoms with Gasteiger partial charge in [0.2, 0.25) is 0 Å². The van der Waals surface area contributed by atoms with Crippen molar-refractivity contribution < 1.29 is 13.9 Å². The van der Waals surface area contributed by atoms with Crippen LogP contribution in [0, 0.1) is 12.7 Å². The van der Waals surface area contributed by atoms with Crippen molar-refractivity contribution in [1.82, 2.24) is 9.47 Å². The van der Waals surface area contributed by atoms with E-state index in [9.17, 15) is 9.18 Å². The van der Waals surface area contributed by atoms with E-state index in [0.717, 1.165) is 52.7 Å². The Morgan fingerprint density at radius 1 is 1.00 bits per heavy atom. The molecule has 6 rings (SSSR count). The monoisotopic (exact) mass is 454 g/mol. The van der Waals surface area contributed by atoms with Crippen LogP contribution in [-0.4, -0.2) is 28.5 Å². The third-order valence-corrected chi connectivity index (χ3v) is 7.55. The van der Waals surface area contributed by atoms with Crippen LogP contribution in [0.3, 0.4) is 0 Å². The molecule has 4 nitrogen and oxygen atoms in total. The van der Waals surface area contributed by atoms with Crippen LogP contribution in [0.25, 0.3) is 10.9 Å². The van der Waals surface area contributed by atoms with Crippen molar-refractivity contribution in [2.24, 2.45) is 0 Å². The summed E-state index contributed by atoms with van der Waals surface area (Å²) < 4.78 is 22.1. The Morgan fingerprint density at radius 2 is 1.74 bits per heavy atom. The second kappa shape index (κ2) is 8.10. The van der Waals surface area contributed by atoms with Crippen molar-refractivity contribution in [1.29, 1.82) is 0 Å². The van der Waals surface area contributed by atoms with Gasteiger partial charge >= 0.3 is 0 Å². The number of fused-ring (bicyclic) bond motifs is 3. The zero-order valence-electron chi connectivity index (χ0n) is 19.3. The van der Waals surface area contributed by atoms with E-state index in [1.165, 1.54) is 11.6 Å². The van der Waals surface area contributed by atoms with E-state index in [-0.39, 0.29) is 11.7 Å². The number of likely N-dealkylation sites (tertiary alicyclic amines) is 1. The highest BCUT2D eigenvalue weighted by atomic mass is 19.1. The largest absolute Gasteiger partial charge is 0.365 e. The molecule has 0 bridgehead atoms. The predicted molar refractivity (Wildman–Crippen MR) is 130 cm³/mol. The highest BCUT2D eigenvalue weighted by molar-refractivity contribution is 6.08. The zero-order chi connectivity index (χ0) is 23.3. The molecule has 1 aromatic heterocycles. The molecule has 0 N–H and O–H groups in total. The maximum atomic E-state index is 13.8. The Kier molecular flexibility index (Phi) is 5.03. The van der Waals surface area contributed by atoms with Crippen molar-refractivity contribution in [3.8, 4) is 0 Å². The molecule has 1 fully saturated rings. The van der Waals surface area contributed by atoms with Crippen molar-refractivity contribution in [3.05, 3.63) is 107 Å². The van der Waals surface area contributed by atoms with Crippen LogP contribution in [0.5, 0.6) is 0 Å². The lowest BCUT2D eigenvalue weighted by Gasteiger charge is -2.39. The lowest BCUT2D eigenvalue weighted by molar-refractivity contribution is -0.0741. The van der Waals surface area contributed by atoms with Gasteiger partial charge in [-0.1, -0.05) is 54.6 Å². The minimum absolute atomic E-state index is 0.0766. The third kappa shape index (κ3) is 3.34. The number of carbonyl (C=O) groups is 1. The molecule has 3 aromatic carbocycles. The van der Waals surface area contributed by atoms with E-state index in [1.54, 1.807) is 6.07 Å². The van der Waals surface area contributed by atoms with Gasteiger partial charge in [0.25, 0.3) is 5.91 Å². The molecule has 1 spiro atoms. The van der Waals surface area contributed by atoms with Gasteiger partial charge in [0, 0.05) is 36.2 Å². The number of halogens is 1. The first-order valence-electron chi connectivity index (χ1n) is 11.9. The smallest absolute Gasteiger partial charge is 0.256 e. The van der Waals surface area contributed by atoms with E-state index in [1.807, 2.05) is 54.3 Å². The molecular formula is C29H27FN2O2. The number of benzene rings is 3. The number of rotatable bonds is 3. The molecule has 5 heteroatoms. The van der Waals surface area contributed by atoms with Crippen molar-refractivity contribution in [3.63, 3.8) is 0 Å². The molecule has 4 aromatic rings. The summed E-state index contributed by atoms with van der Waals surface area (Å²) in [7, 11) is 0. The lowest BCUT2D eigenvalue weighted by Crippen LogP contribution is -2.45. The summed E-state index contributed by atoms with van der Waals surface area (Å²) in [5.74, 6) is -0.151. The van der Waals surface area contributed by atoms with Crippen LogP contribution in [0.15, 0.2) is 72.8 Å². The van der Waals surface area contributed by atoms with Crippen molar-refractivity contribution >= 4 is 16.8 Å². The van der Waals surface area contributed by atoms with Gasteiger partial charge in [0.15, 0.2) is 0 Å². The maximum absolute atomic E-state index is 13.8. The summed E-state index contributed by atoms with van der Waals surface area (Å²) in [6, 6.07) is 23.5. The number of piperidine rings is 1. The number of ether oxygens (including phenoxy) is 1. The van der Waals surface area contributed by atoms with Crippen molar-refractivity contribution in [2.45, 2.75) is 38.5 Å². The number of hydrogen-bond donors (Lipinski definition) is 0. The quantitative estimate of drug-likeness (QED) is 0.392. The molecule has 1 amide bonds. The number of carbonyl (C=O) groups excluding carboxylic acids is 1. The van der Waals surface area contributed by atoms with E-state index < -0.39 is 5.60 Å². The Bertz CT molecular complexity index is 1380. The molecule has 0 atom stereocenters. The van der Waals surface area contributed by atoms with Crippen LogP contribution < -0.4 is 0 Å². The van der Waals surface area contributed by atoms with Crippen LogP contribution in [0.4, 0.5) is 4.39 Å². The summed E-state index contributed by atoms with van der Waals surface area (Å²) in [5, 5.41) is 0.999. The number of para-hydroxylation sites is 1. The number of amides is 1. The first-order valence-corrected chi connectivity index (χ1v) is 11.9. The van der Waals surface area contributed by atoms with Gasteiger partial charge < -0.3 is 14.2 Å². The molecule has 2 aliphatic rings. The maximum Gasteiger partial charge on any atom is 0.256 e. The molecule has 34 heavy (non-hydrogen) atoms. The second-order valence-corrected chi connectivity index (χ2v) is 9.43. The van der Waals surface area contributed by atoms with E-state index >= 15 is 0 Å². The van der Waals surface area contributed by atoms with Gasteiger partial charge in [-0.2, -0.15) is 0 Å². The Balaban J connectivity index is 1.29. The average Bonchev–Trinajstić information content (AvgIpc) is 3.34. The van der Waals surface area contributed by atoms with Gasteiger partial charge in [0.1, 0.15) is 5.82 Å². The first kappa shape index (κ1) is 21.1. The molecule has 172 valence electrons. The number of nitrogens with zero attached hydrogens (tertiary/aromatic N) is 2. The molecule has 0 saturated carbocycles. The van der Waals surface area contributed by atoms with Gasteiger partial charge in [-0.05, 0) is 54.7 Å². The Labute approximate surface area is 198 Å². The number of aromatic nitrogens is 1. The van der Waals surface area contributed by atoms with Gasteiger partial charge in [-0.15, -0.1) is 0 Å². The first-order chi connectivity index (χ1) is 16.6. The highest BCUT2D eigenvalue weighted by Crippen LogP contribution is 2.44. The molecule has 2 aliphatic heterocycles. The minimum atomic E-state index is -0.407. The van der Waals surface area contributed by atoms with Crippen LogP contribution in [0.1, 0.15) is 45.6 Å². The Morgan fingerprint density at radius 3 is 2.53 bits per heavy atom. The topological polar surface area (TPSA) is 34.5 Å². The molecule has 0 aliphatic carbocycles. The second-order valence-electron chi connectivity index (χ2n) is 9.43. The summed E-state index contributed by atoms with van der Waals surface area (Å²) in [4.78, 5) is 15.8. The molecule has 0 unspecified atom stereocenters. The van der Waals surface area contributed by atoms with Gasteiger partial charge in [-0.25, -0.2) is 4.39 Å². The average molecular weight is 455 g/mol. The van der Waals surface area contributed by atoms with Gasteiger partial charge in [0.05, 0.1) is 17.8 Å². The fraction of sp³-hybridized carbons (Fsp3) is 0.276. The normalized spacial score (nSPS) is 16.8. The van der Waals surface area contributed by atoms with Crippen LogP contribution in [-0.2, 0) is 23.5 Å². The standard InChI is InChI=1S/C29H27FN2O2/c1-20-27(24-9-5-6-10-26(24)32(20)18-21-7-3-2-4-8-21)28(33)31-15-13-29(14-16-31)25-12-11-23(30)17-22(25)19-34-29/h2-12,17H,13-16,18-19H2,1H3. The summed E-state index contributed by atoms with van der Waals surface area (Å²) in [6.07, 6.45) is 1.44. The molecule has 3 heterocycles. The van der Waals surface area contributed by atoms with Crippen molar-refractivity contribution in [2.75, 3.05) is 13.1 Å². The summed E-state index contributed by atoms with van der Waals surface area (Å²) in [5.41, 5.74) is 5.67. The van der Waals surface area contributed by atoms with E-state index in [2.05, 4.69) is 22.8 Å². The van der Waals surface area contributed by atoms with E-state index in [4.69, 9.17) is 4.74 Å². The van der Waals surface area contributed by atoms with Crippen LogP contribution in [0.2, 0.25) is 0 Å². The summed E-state index contributed by atoms with van der Waals surface area (Å²) in [6.45, 7) is 4.45. The zero-order valence-corrected chi connectivity index (χ0v) is 19.3. The number of hydrogen-bond acceptors (Lipinski definition) is 2. The fourth-order valence-electron chi connectivity index (χ4n) is 5.73. The van der Waals surface area contributed by atoms with Crippen LogP contribution >= 0.6 is 0 Å². The summed E-state index contributed by atoms with van der Waals surface area (Å²) >= 11 is 0. The fourth-order valence-corrected chi connectivity index (χ4v) is 5.73. The highest BCUT2D eigenvalue weighted by Gasteiger charge is 2.43.